The van der Waals surface area contributed by atoms with Crippen molar-refractivity contribution in [2.24, 2.45) is 0 Å². The van der Waals surface area contributed by atoms with Gasteiger partial charge in [-0.3, -0.25) is 9.69 Å². The van der Waals surface area contributed by atoms with E-state index in [1.165, 1.54) is 23.9 Å². The number of rotatable bonds is 14. The number of nitrogens with one attached hydrogen (secondary N) is 2. The molecule has 294 valence electrons. The van der Waals surface area contributed by atoms with E-state index in [0.29, 0.717) is 50.2 Å². The highest BCUT2D eigenvalue weighted by molar-refractivity contribution is 7.99. The smallest absolute Gasteiger partial charge is 0.418 e. The van der Waals surface area contributed by atoms with Crippen molar-refractivity contribution in [1.82, 2.24) is 9.62 Å². The largest absolute Gasteiger partial charge is 0.494 e. The Bertz CT molecular complexity index is 2230. The number of halogens is 4. The molecule has 1 saturated heterocycles. The maximum absolute atomic E-state index is 15.4. The highest BCUT2D eigenvalue weighted by Crippen LogP contribution is 2.37. The Morgan fingerprint density at radius 3 is 2.25 bits per heavy atom. The van der Waals surface area contributed by atoms with Gasteiger partial charge in [0.1, 0.15) is 11.6 Å². The van der Waals surface area contributed by atoms with Crippen molar-refractivity contribution in [1.29, 1.82) is 0 Å². The van der Waals surface area contributed by atoms with E-state index < -0.39 is 32.6 Å². The minimum Gasteiger partial charge on any atom is -0.494 e. The van der Waals surface area contributed by atoms with Crippen molar-refractivity contribution in [3.63, 3.8) is 0 Å². The second-order valence-corrected chi connectivity index (χ2v) is 16.0. The zero-order chi connectivity index (χ0) is 39.9. The lowest BCUT2D eigenvalue weighted by molar-refractivity contribution is -0.137. The third-order valence-corrected chi connectivity index (χ3v) is 11.9. The van der Waals surface area contributed by atoms with Gasteiger partial charge in [-0.25, -0.2) is 17.5 Å². The number of piperazine rings is 1. The maximum atomic E-state index is 15.4. The molecule has 1 amide bonds. The molecule has 1 heterocycles. The first-order valence-corrected chi connectivity index (χ1v) is 20.6. The van der Waals surface area contributed by atoms with Crippen LogP contribution in [-0.4, -0.2) is 64.3 Å². The van der Waals surface area contributed by atoms with Crippen LogP contribution < -0.4 is 19.7 Å². The first-order chi connectivity index (χ1) is 26.8. The van der Waals surface area contributed by atoms with Gasteiger partial charge in [0.05, 0.1) is 17.1 Å². The summed E-state index contributed by atoms with van der Waals surface area (Å²) in [4.78, 5) is 17.6. The molecular formula is C42H42F4N4O4S2. The summed E-state index contributed by atoms with van der Waals surface area (Å²) in [6.07, 6.45) is -4.84. The van der Waals surface area contributed by atoms with Crippen LogP contribution in [0.25, 0.3) is 11.1 Å². The van der Waals surface area contributed by atoms with E-state index in [-0.39, 0.29) is 29.7 Å². The first kappa shape index (κ1) is 40.6. The number of ether oxygens (including phenoxy) is 1. The van der Waals surface area contributed by atoms with E-state index >= 15 is 4.39 Å². The van der Waals surface area contributed by atoms with E-state index in [1.807, 2.05) is 85.3 Å². The predicted octanol–water partition coefficient (Wildman–Crippen LogP) is 9.12. The molecule has 5 aromatic rings. The number of thioether (sulfide) groups is 1. The molecule has 1 fully saturated rings. The molecule has 1 atom stereocenters. The van der Waals surface area contributed by atoms with Crippen LogP contribution >= 0.6 is 11.8 Å². The van der Waals surface area contributed by atoms with Crippen molar-refractivity contribution < 1.29 is 35.5 Å². The van der Waals surface area contributed by atoms with Gasteiger partial charge >= 0.3 is 6.18 Å². The summed E-state index contributed by atoms with van der Waals surface area (Å²) in [7, 11) is -4.64. The topological polar surface area (TPSA) is 91.0 Å². The Morgan fingerprint density at radius 2 is 1.57 bits per heavy atom. The Hall–Kier alpha value is -5.05. The van der Waals surface area contributed by atoms with Gasteiger partial charge in [-0.1, -0.05) is 42.5 Å². The molecule has 5 aromatic carbocycles. The van der Waals surface area contributed by atoms with Crippen LogP contribution in [0.2, 0.25) is 0 Å². The summed E-state index contributed by atoms with van der Waals surface area (Å²) in [5, 5.41) is 2.75. The van der Waals surface area contributed by atoms with Crippen LogP contribution in [0.3, 0.4) is 0 Å². The maximum Gasteiger partial charge on any atom is 0.418 e. The highest BCUT2D eigenvalue weighted by Gasteiger charge is 2.35. The molecule has 0 saturated carbocycles. The van der Waals surface area contributed by atoms with Gasteiger partial charge in [0, 0.05) is 71.9 Å². The summed E-state index contributed by atoms with van der Waals surface area (Å²) in [5.41, 5.74) is 1.66. The molecule has 14 heteroatoms. The molecule has 0 bridgehead atoms. The van der Waals surface area contributed by atoms with E-state index in [0.717, 1.165) is 39.6 Å². The van der Waals surface area contributed by atoms with Crippen molar-refractivity contribution in [2.75, 3.05) is 55.3 Å². The fraction of sp³-hybridized carbons (Fsp3) is 0.262. The molecule has 6 rings (SSSR count). The van der Waals surface area contributed by atoms with Crippen LogP contribution in [-0.2, 0) is 16.2 Å². The van der Waals surface area contributed by atoms with Crippen molar-refractivity contribution >= 4 is 39.1 Å². The summed E-state index contributed by atoms with van der Waals surface area (Å²) >= 11 is 1.47. The van der Waals surface area contributed by atoms with E-state index in [9.17, 15) is 26.4 Å². The molecular weight excluding hydrogens is 765 g/mol. The normalized spacial score (nSPS) is 14.3. The third kappa shape index (κ3) is 10.0. The van der Waals surface area contributed by atoms with Crippen LogP contribution in [0.15, 0.2) is 125 Å². The monoisotopic (exact) mass is 806 g/mol. The van der Waals surface area contributed by atoms with Gasteiger partial charge < -0.3 is 15.0 Å². The summed E-state index contributed by atoms with van der Waals surface area (Å²) in [6, 6.07) is 31.0. The van der Waals surface area contributed by atoms with Crippen LogP contribution in [0.1, 0.15) is 41.4 Å². The highest BCUT2D eigenvalue weighted by atomic mass is 32.2. The number of benzene rings is 5. The number of nitrogens with zero attached hydrogens (tertiary/aromatic N) is 2. The zero-order valence-electron chi connectivity index (χ0n) is 30.9. The Kier molecular flexibility index (Phi) is 12.9. The van der Waals surface area contributed by atoms with Crippen LogP contribution in [0, 0.1) is 5.82 Å². The minimum atomic E-state index is -4.84. The predicted molar refractivity (Wildman–Crippen MR) is 213 cm³/mol. The number of amides is 1. The SMILES string of the molecule is CCOc1cccc(-c2ccc(C(C)N3CCN(c4ccc(C(=O)NS(=O)(=O)c5ccc(NCCSc6ccccc6)c(C(F)(F)F)c5)cc4)CC3)c(F)c2)c1. The number of carbonyl (C=O) groups excluding carboxylic acids is 1. The van der Waals surface area contributed by atoms with Gasteiger partial charge in [0.15, 0.2) is 0 Å². The third-order valence-electron chi connectivity index (χ3n) is 9.55. The van der Waals surface area contributed by atoms with E-state index in [4.69, 9.17) is 4.74 Å². The number of anilines is 2. The molecule has 1 unspecified atom stereocenters. The van der Waals surface area contributed by atoms with Gasteiger partial charge in [-0.05, 0) is 97.8 Å². The van der Waals surface area contributed by atoms with Crippen molar-refractivity contribution in [2.45, 2.75) is 35.9 Å². The number of alkyl halides is 3. The van der Waals surface area contributed by atoms with Crippen molar-refractivity contribution in [3.8, 4) is 16.9 Å². The van der Waals surface area contributed by atoms with Gasteiger partial charge in [0.25, 0.3) is 15.9 Å². The van der Waals surface area contributed by atoms with Crippen LogP contribution in [0.5, 0.6) is 5.75 Å². The number of carbonyl (C=O) groups is 1. The van der Waals surface area contributed by atoms with Gasteiger partial charge in [0.2, 0.25) is 0 Å². The van der Waals surface area contributed by atoms with Gasteiger partial charge in [-0.2, -0.15) is 13.2 Å². The summed E-state index contributed by atoms with van der Waals surface area (Å²) < 4.78 is 91.1. The zero-order valence-corrected chi connectivity index (χ0v) is 32.5. The standard InChI is InChI=1S/C42H42F4N4O4S2/c1-3-54-34-9-7-8-31(26-34)32-14-18-37(39(43)27-32)29(2)49-21-23-50(24-22-49)33-15-12-30(13-16-33)41(51)48-56(52,53)36-17-19-40(38(28-36)42(44,45)46)47-20-25-55-35-10-5-4-6-11-35/h4-19,26-29,47H,3,20-25H2,1-2H3,(H,48,51). The van der Waals surface area contributed by atoms with Crippen LogP contribution in [0.4, 0.5) is 28.9 Å². The molecule has 0 spiro atoms. The Labute approximate surface area is 328 Å². The van der Waals surface area contributed by atoms with Crippen molar-refractivity contribution in [3.05, 3.63) is 138 Å². The number of sulfonamides is 1. The second kappa shape index (κ2) is 17.8. The molecule has 1 aliphatic rings. The quantitative estimate of drug-likeness (QED) is 0.0653. The molecule has 2 N–H and O–H groups in total. The lowest BCUT2D eigenvalue weighted by atomic mass is 9.99. The number of hydrogen-bond donors (Lipinski definition) is 2. The fourth-order valence-corrected chi connectivity index (χ4v) is 8.35. The molecule has 0 aliphatic carbocycles. The Balaban J connectivity index is 1.03. The summed E-state index contributed by atoms with van der Waals surface area (Å²) in [6.45, 7) is 7.21. The summed E-state index contributed by atoms with van der Waals surface area (Å²) in [5.74, 6) is -0.0457. The molecule has 0 radical (unpaired) electrons. The fourth-order valence-electron chi connectivity index (χ4n) is 6.56. The molecule has 1 aliphatic heterocycles. The first-order valence-electron chi connectivity index (χ1n) is 18.1. The lowest BCUT2D eigenvalue weighted by Crippen LogP contribution is -2.47. The average molecular weight is 807 g/mol. The minimum absolute atomic E-state index is 0.0263. The average Bonchev–Trinajstić information content (AvgIpc) is 3.19. The Morgan fingerprint density at radius 1 is 0.857 bits per heavy atom. The van der Waals surface area contributed by atoms with E-state index in [2.05, 4.69) is 15.1 Å². The molecule has 56 heavy (non-hydrogen) atoms. The number of hydrogen-bond acceptors (Lipinski definition) is 8. The van der Waals surface area contributed by atoms with E-state index in [1.54, 1.807) is 18.2 Å². The van der Waals surface area contributed by atoms with Gasteiger partial charge in [-0.15, -0.1) is 11.8 Å². The molecule has 8 nitrogen and oxygen atoms in total. The second-order valence-electron chi connectivity index (χ2n) is 13.2. The lowest BCUT2D eigenvalue weighted by Gasteiger charge is -2.39. The molecule has 0 aromatic heterocycles.